The van der Waals surface area contributed by atoms with Gasteiger partial charge < -0.3 is 5.73 Å². The van der Waals surface area contributed by atoms with Crippen molar-refractivity contribution in [2.75, 3.05) is 0 Å². The molecule has 0 aliphatic heterocycles. The maximum absolute atomic E-state index is 13.7. The third-order valence-corrected chi connectivity index (χ3v) is 3.92. The average molecular weight is 286 g/mol. The van der Waals surface area contributed by atoms with E-state index in [1.165, 1.54) is 31.7 Å². The van der Waals surface area contributed by atoms with Crippen molar-refractivity contribution in [2.24, 2.45) is 11.7 Å². The second-order valence-corrected chi connectivity index (χ2v) is 5.57. The van der Waals surface area contributed by atoms with Crippen LogP contribution in [0, 0.1) is 11.7 Å². The number of hydrogen-bond donors (Lipinski definition) is 1. The van der Waals surface area contributed by atoms with Crippen LogP contribution in [0.15, 0.2) is 22.7 Å². The van der Waals surface area contributed by atoms with Gasteiger partial charge in [0.15, 0.2) is 0 Å². The van der Waals surface area contributed by atoms with E-state index >= 15 is 0 Å². The Morgan fingerprint density at radius 2 is 2.06 bits per heavy atom. The molecule has 0 radical (unpaired) electrons. The summed E-state index contributed by atoms with van der Waals surface area (Å²) in [5, 5.41) is 0. The van der Waals surface area contributed by atoms with Crippen molar-refractivity contribution in [3.05, 3.63) is 34.1 Å². The van der Waals surface area contributed by atoms with Crippen LogP contribution in [0.25, 0.3) is 0 Å². The molecule has 1 aromatic carbocycles. The molecule has 3 heteroatoms. The van der Waals surface area contributed by atoms with E-state index in [2.05, 4.69) is 15.9 Å². The van der Waals surface area contributed by atoms with E-state index in [0.29, 0.717) is 11.5 Å². The molecule has 0 bridgehead atoms. The van der Waals surface area contributed by atoms with E-state index in [1.54, 1.807) is 6.07 Å². The smallest absolute Gasteiger partial charge is 0.129 e. The van der Waals surface area contributed by atoms with Gasteiger partial charge in [-0.1, -0.05) is 47.7 Å². The van der Waals surface area contributed by atoms with E-state index in [-0.39, 0.29) is 11.9 Å². The highest BCUT2D eigenvalue weighted by Gasteiger charge is 2.20. The van der Waals surface area contributed by atoms with Crippen LogP contribution in [0.1, 0.15) is 43.7 Å². The molecule has 1 aliphatic carbocycles. The first-order chi connectivity index (χ1) is 7.66. The largest absolute Gasteiger partial charge is 0.324 e. The van der Waals surface area contributed by atoms with Crippen LogP contribution in [-0.4, -0.2) is 0 Å². The Kier molecular flexibility index (Phi) is 3.98. The van der Waals surface area contributed by atoms with Gasteiger partial charge in [-0.2, -0.15) is 0 Å². The fourth-order valence-corrected chi connectivity index (χ4v) is 2.87. The van der Waals surface area contributed by atoms with Gasteiger partial charge in [0.05, 0.1) is 0 Å². The minimum Gasteiger partial charge on any atom is -0.324 e. The molecule has 1 unspecified atom stereocenters. The quantitative estimate of drug-likeness (QED) is 0.886. The normalized spacial score (nSPS) is 18.9. The molecule has 1 fully saturated rings. The van der Waals surface area contributed by atoms with Crippen molar-refractivity contribution in [3.63, 3.8) is 0 Å². The maximum Gasteiger partial charge on any atom is 0.129 e. The molecular formula is C13H17BrFN. The number of halogens is 2. The van der Waals surface area contributed by atoms with Crippen molar-refractivity contribution >= 4 is 15.9 Å². The highest BCUT2D eigenvalue weighted by molar-refractivity contribution is 9.10. The third-order valence-electron chi connectivity index (χ3n) is 3.42. The first kappa shape index (κ1) is 12.1. The van der Waals surface area contributed by atoms with Gasteiger partial charge in [0, 0.05) is 16.1 Å². The monoisotopic (exact) mass is 285 g/mol. The number of nitrogens with two attached hydrogens (primary N) is 1. The molecule has 2 rings (SSSR count). The standard InChI is InChI=1S/C13H17BrFN/c14-10-5-6-11(12(15)8-10)13(16)7-9-3-1-2-4-9/h5-6,8-9,13H,1-4,7,16H2. The van der Waals surface area contributed by atoms with Crippen molar-refractivity contribution in [3.8, 4) is 0 Å². The minimum absolute atomic E-state index is 0.156. The molecule has 1 nitrogen and oxygen atoms in total. The Morgan fingerprint density at radius 1 is 1.38 bits per heavy atom. The molecule has 1 aliphatic rings. The summed E-state index contributed by atoms with van der Waals surface area (Å²) in [5.74, 6) is 0.498. The lowest BCUT2D eigenvalue weighted by atomic mass is 9.94. The van der Waals surface area contributed by atoms with Crippen LogP contribution in [-0.2, 0) is 0 Å². The lowest BCUT2D eigenvalue weighted by molar-refractivity contribution is 0.440. The van der Waals surface area contributed by atoms with Crippen molar-refractivity contribution in [2.45, 2.75) is 38.1 Å². The molecule has 88 valence electrons. The van der Waals surface area contributed by atoms with E-state index in [0.717, 1.165) is 10.9 Å². The van der Waals surface area contributed by atoms with Crippen LogP contribution in [0.5, 0.6) is 0 Å². The first-order valence-electron chi connectivity index (χ1n) is 5.87. The Morgan fingerprint density at radius 3 is 2.69 bits per heavy atom. The van der Waals surface area contributed by atoms with Crippen molar-refractivity contribution < 1.29 is 4.39 Å². The van der Waals surface area contributed by atoms with Crippen LogP contribution in [0.4, 0.5) is 4.39 Å². The van der Waals surface area contributed by atoms with Crippen molar-refractivity contribution in [1.82, 2.24) is 0 Å². The number of benzene rings is 1. The molecule has 1 aromatic rings. The van der Waals surface area contributed by atoms with Gasteiger partial charge >= 0.3 is 0 Å². The maximum atomic E-state index is 13.7. The van der Waals surface area contributed by atoms with Gasteiger partial charge in [-0.15, -0.1) is 0 Å². The van der Waals surface area contributed by atoms with Crippen LogP contribution in [0.3, 0.4) is 0 Å². The predicted octanol–water partition coefficient (Wildman–Crippen LogP) is 4.17. The Bertz CT molecular complexity index is 361. The van der Waals surface area contributed by atoms with E-state index in [9.17, 15) is 4.39 Å². The SMILES string of the molecule is NC(CC1CCCC1)c1ccc(Br)cc1F. The lowest BCUT2D eigenvalue weighted by Crippen LogP contribution is -2.15. The number of rotatable bonds is 3. The fraction of sp³-hybridized carbons (Fsp3) is 0.538. The highest BCUT2D eigenvalue weighted by atomic mass is 79.9. The van der Waals surface area contributed by atoms with Crippen LogP contribution >= 0.6 is 15.9 Å². The molecule has 2 N–H and O–H groups in total. The molecule has 0 aromatic heterocycles. The van der Waals surface area contributed by atoms with Crippen LogP contribution < -0.4 is 5.73 Å². The molecule has 0 heterocycles. The van der Waals surface area contributed by atoms with Gasteiger partial charge in [0.1, 0.15) is 5.82 Å². The first-order valence-corrected chi connectivity index (χ1v) is 6.66. The molecule has 0 amide bonds. The van der Waals surface area contributed by atoms with Gasteiger partial charge in [-0.05, 0) is 24.5 Å². The second-order valence-electron chi connectivity index (χ2n) is 4.66. The van der Waals surface area contributed by atoms with Gasteiger partial charge in [0.25, 0.3) is 0 Å². The summed E-state index contributed by atoms with van der Waals surface area (Å²) in [5.41, 5.74) is 6.72. The highest BCUT2D eigenvalue weighted by Crippen LogP contribution is 2.33. The Hall–Kier alpha value is -0.410. The number of hydrogen-bond acceptors (Lipinski definition) is 1. The summed E-state index contributed by atoms with van der Waals surface area (Å²) in [6, 6.07) is 4.98. The van der Waals surface area contributed by atoms with E-state index in [1.807, 2.05) is 6.07 Å². The Balaban J connectivity index is 2.04. The summed E-state index contributed by atoms with van der Waals surface area (Å²) in [7, 11) is 0. The topological polar surface area (TPSA) is 26.0 Å². The van der Waals surface area contributed by atoms with E-state index in [4.69, 9.17) is 5.73 Å². The summed E-state index contributed by atoms with van der Waals surface area (Å²) >= 11 is 3.25. The summed E-state index contributed by atoms with van der Waals surface area (Å²) < 4.78 is 14.4. The zero-order chi connectivity index (χ0) is 11.5. The molecule has 0 spiro atoms. The molecule has 16 heavy (non-hydrogen) atoms. The van der Waals surface area contributed by atoms with Gasteiger partial charge in [0.2, 0.25) is 0 Å². The summed E-state index contributed by atoms with van der Waals surface area (Å²) in [6.45, 7) is 0. The fourth-order valence-electron chi connectivity index (χ4n) is 2.53. The van der Waals surface area contributed by atoms with Crippen LogP contribution in [0.2, 0.25) is 0 Å². The molecule has 0 saturated heterocycles. The zero-order valence-electron chi connectivity index (χ0n) is 9.26. The average Bonchev–Trinajstić information content (AvgIpc) is 2.70. The molecular weight excluding hydrogens is 269 g/mol. The van der Waals surface area contributed by atoms with Gasteiger partial charge in [-0.3, -0.25) is 0 Å². The zero-order valence-corrected chi connectivity index (χ0v) is 10.8. The molecule has 1 atom stereocenters. The van der Waals surface area contributed by atoms with Gasteiger partial charge in [-0.25, -0.2) is 4.39 Å². The lowest BCUT2D eigenvalue weighted by Gasteiger charge is -2.17. The Labute approximate surface area is 104 Å². The second kappa shape index (κ2) is 5.28. The molecule has 1 saturated carbocycles. The predicted molar refractivity (Wildman–Crippen MR) is 67.6 cm³/mol. The summed E-state index contributed by atoms with van der Waals surface area (Å²) in [4.78, 5) is 0. The third kappa shape index (κ3) is 2.83. The van der Waals surface area contributed by atoms with Crippen molar-refractivity contribution in [1.29, 1.82) is 0 Å². The van der Waals surface area contributed by atoms with E-state index < -0.39 is 0 Å². The summed E-state index contributed by atoms with van der Waals surface area (Å²) in [6.07, 6.45) is 6.04. The minimum atomic E-state index is -0.195.